The van der Waals surface area contributed by atoms with Gasteiger partial charge in [-0.05, 0) is 0 Å². The highest BCUT2D eigenvalue weighted by Gasteiger charge is 2.42. The lowest BCUT2D eigenvalue weighted by atomic mass is 10.0. The van der Waals surface area contributed by atoms with E-state index in [0.29, 0.717) is 0 Å². The first-order chi connectivity index (χ1) is 5.57. The normalized spacial score (nSPS) is 49.2. The number of rotatable bonds is 1. The summed E-state index contributed by atoms with van der Waals surface area (Å²) in [5, 5.41) is 36.4. The Bertz CT molecular complexity index is 150. The third kappa shape index (κ3) is 1.73. The van der Waals surface area contributed by atoms with Gasteiger partial charge < -0.3 is 25.2 Å². The molecule has 0 bridgehead atoms. The minimum absolute atomic E-state index is 0.169. The number of ether oxygens (including phenoxy) is 1. The molecule has 0 aliphatic carbocycles. The molecule has 1 aliphatic rings. The topological polar surface area (TPSA) is 90.2 Å². The average molecular weight is 196 g/mol. The maximum Gasteiger partial charge on any atom is 0.183 e. The van der Waals surface area contributed by atoms with Gasteiger partial charge in [0.15, 0.2) is 6.29 Å². The first-order valence-electron chi connectivity index (χ1n) is 3.56. The Morgan fingerprint density at radius 2 is 1.58 bits per heavy atom. The van der Waals surface area contributed by atoms with Crippen LogP contribution in [0.1, 0.15) is 0 Å². The molecule has 1 fully saturated rings. The number of thiol groups is 1. The molecule has 0 radical (unpaired) electrons. The summed E-state index contributed by atoms with van der Waals surface area (Å²) in [5.74, 6) is 0.169. The summed E-state index contributed by atoms with van der Waals surface area (Å²) < 4.78 is 4.75. The van der Waals surface area contributed by atoms with Gasteiger partial charge in [0.05, 0.1) is 6.10 Å². The fraction of sp³-hybridized carbons (Fsp3) is 1.00. The molecule has 0 unspecified atom stereocenters. The molecule has 0 aromatic rings. The van der Waals surface area contributed by atoms with Gasteiger partial charge in [0, 0.05) is 5.75 Å². The molecule has 6 heteroatoms. The maximum absolute atomic E-state index is 9.23. The third-order valence-electron chi connectivity index (χ3n) is 1.87. The van der Waals surface area contributed by atoms with Crippen LogP contribution in [0.3, 0.4) is 0 Å². The van der Waals surface area contributed by atoms with E-state index in [9.17, 15) is 5.11 Å². The Balaban J connectivity index is 2.63. The van der Waals surface area contributed by atoms with Gasteiger partial charge in [0.25, 0.3) is 0 Å². The molecule has 12 heavy (non-hydrogen) atoms. The first-order valence-corrected chi connectivity index (χ1v) is 4.19. The molecular weight excluding hydrogens is 184 g/mol. The van der Waals surface area contributed by atoms with Gasteiger partial charge in [-0.3, -0.25) is 0 Å². The summed E-state index contributed by atoms with van der Waals surface area (Å²) in [7, 11) is 0. The second kappa shape index (κ2) is 3.91. The van der Waals surface area contributed by atoms with Crippen molar-refractivity contribution in [3.63, 3.8) is 0 Å². The monoisotopic (exact) mass is 196 g/mol. The van der Waals surface area contributed by atoms with Crippen molar-refractivity contribution in [3.8, 4) is 0 Å². The number of aliphatic hydroxyl groups is 4. The first kappa shape index (κ1) is 10.2. The molecular formula is C6H12O5S. The minimum atomic E-state index is -1.46. The predicted molar refractivity (Wildman–Crippen MR) is 42.8 cm³/mol. The van der Waals surface area contributed by atoms with E-state index in [4.69, 9.17) is 20.1 Å². The maximum atomic E-state index is 9.23. The Kier molecular flexibility index (Phi) is 3.33. The molecule has 0 aromatic carbocycles. The lowest BCUT2D eigenvalue weighted by molar-refractivity contribution is -0.276. The van der Waals surface area contributed by atoms with Crippen LogP contribution in [0.25, 0.3) is 0 Å². The molecule has 5 nitrogen and oxygen atoms in total. The van der Waals surface area contributed by atoms with Gasteiger partial charge >= 0.3 is 0 Å². The lowest BCUT2D eigenvalue weighted by Crippen LogP contribution is -2.57. The van der Waals surface area contributed by atoms with Crippen molar-refractivity contribution in [3.05, 3.63) is 0 Å². The highest BCUT2D eigenvalue weighted by atomic mass is 32.1. The van der Waals surface area contributed by atoms with E-state index in [2.05, 4.69) is 12.6 Å². The van der Waals surface area contributed by atoms with Crippen LogP contribution in [0.5, 0.6) is 0 Å². The molecule has 5 atom stereocenters. The highest BCUT2D eigenvalue weighted by Crippen LogP contribution is 2.20. The van der Waals surface area contributed by atoms with E-state index in [1.807, 2.05) is 0 Å². The standard InChI is InChI=1S/C6H12O5S/c7-3-2(1-12)11-6(10)5(9)4(3)8/h2-10,12H,1H2/t2-,3+,4+,5-,6+/m1/s1. The Hall–Kier alpha value is 0.150. The van der Waals surface area contributed by atoms with Gasteiger partial charge in [0.1, 0.15) is 18.3 Å². The summed E-state index contributed by atoms with van der Waals surface area (Å²) in [6.07, 6.45) is -6.26. The van der Waals surface area contributed by atoms with Gasteiger partial charge in [-0.25, -0.2) is 0 Å². The molecule has 4 N–H and O–H groups in total. The van der Waals surface area contributed by atoms with E-state index < -0.39 is 30.7 Å². The second-order valence-electron chi connectivity index (χ2n) is 2.72. The van der Waals surface area contributed by atoms with Crippen LogP contribution in [0.2, 0.25) is 0 Å². The zero-order valence-corrected chi connectivity index (χ0v) is 7.13. The quantitative estimate of drug-likeness (QED) is 0.305. The zero-order valence-electron chi connectivity index (χ0n) is 6.24. The summed E-state index contributed by atoms with van der Waals surface area (Å²) >= 11 is 3.84. The molecule has 0 aromatic heterocycles. The molecule has 1 heterocycles. The Morgan fingerprint density at radius 3 is 2.08 bits per heavy atom. The van der Waals surface area contributed by atoms with Crippen molar-refractivity contribution in [2.24, 2.45) is 0 Å². The van der Waals surface area contributed by atoms with Gasteiger partial charge in [-0.2, -0.15) is 12.6 Å². The summed E-state index contributed by atoms with van der Waals surface area (Å²) in [6.45, 7) is 0. The van der Waals surface area contributed by atoms with Crippen LogP contribution in [0.15, 0.2) is 0 Å². The van der Waals surface area contributed by atoms with Crippen LogP contribution < -0.4 is 0 Å². The van der Waals surface area contributed by atoms with E-state index >= 15 is 0 Å². The van der Waals surface area contributed by atoms with Crippen molar-refractivity contribution in [2.45, 2.75) is 30.7 Å². The highest BCUT2D eigenvalue weighted by molar-refractivity contribution is 7.80. The second-order valence-corrected chi connectivity index (χ2v) is 3.08. The van der Waals surface area contributed by atoms with Crippen LogP contribution in [-0.4, -0.2) is 56.9 Å². The van der Waals surface area contributed by atoms with Crippen LogP contribution in [0, 0.1) is 0 Å². The molecule has 0 spiro atoms. The summed E-state index contributed by atoms with van der Waals surface area (Å²) in [5.41, 5.74) is 0. The van der Waals surface area contributed by atoms with Crippen molar-refractivity contribution >= 4 is 12.6 Å². The van der Waals surface area contributed by atoms with Gasteiger partial charge in [0.2, 0.25) is 0 Å². The van der Waals surface area contributed by atoms with Crippen molar-refractivity contribution in [1.29, 1.82) is 0 Å². The smallest absolute Gasteiger partial charge is 0.183 e. The van der Waals surface area contributed by atoms with E-state index in [1.165, 1.54) is 0 Å². The van der Waals surface area contributed by atoms with E-state index in [-0.39, 0.29) is 5.75 Å². The Labute approximate surface area is 75.0 Å². The van der Waals surface area contributed by atoms with Crippen LogP contribution in [-0.2, 0) is 4.74 Å². The van der Waals surface area contributed by atoms with Crippen LogP contribution in [0.4, 0.5) is 0 Å². The SMILES string of the molecule is O[C@@H]1[C@@H](O)[C@@H](O)O[C@H](CS)[C@@H]1O. The molecule has 1 rings (SSSR count). The number of aliphatic hydroxyl groups excluding tert-OH is 4. The minimum Gasteiger partial charge on any atom is -0.388 e. The summed E-state index contributed by atoms with van der Waals surface area (Å²) in [6, 6.07) is 0. The molecule has 72 valence electrons. The van der Waals surface area contributed by atoms with Gasteiger partial charge in [-0.1, -0.05) is 0 Å². The van der Waals surface area contributed by atoms with Crippen molar-refractivity contribution < 1.29 is 25.2 Å². The van der Waals surface area contributed by atoms with Crippen LogP contribution >= 0.6 is 12.6 Å². The van der Waals surface area contributed by atoms with E-state index in [1.54, 1.807) is 0 Å². The fourth-order valence-electron chi connectivity index (χ4n) is 1.08. The number of hydrogen-bond acceptors (Lipinski definition) is 6. The molecule has 1 saturated heterocycles. The third-order valence-corrected chi connectivity index (χ3v) is 2.23. The number of hydrogen-bond donors (Lipinski definition) is 5. The lowest BCUT2D eigenvalue weighted by Gasteiger charge is -2.37. The molecule has 0 saturated carbocycles. The summed E-state index contributed by atoms with van der Waals surface area (Å²) in [4.78, 5) is 0. The van der Waals surface area contributed by atoms with E-state index in [0.717, 1.165) is 0 Å². The molecule has 1 aliphatic heterocycles. The van der Waals surface area contributed by atoms with Gasteiger partial charge in [-0.15, -0.1) is 0 Å². The predicted octanol–water partition coefficient (Wildman–Crippen LogP) is -2.28. The Morgan fingerprint density at radius 1 is 1.00 bits per heavy atom. The average Bonchev–Trinajstić information content (AvgIpc) is 2.08. The molecule has 0 amide bonds. The fourth-order valence-corrected chi connectivity index (χ4v) is 1.38. The largest absolute Gasteiger partial charge is 0.388 e. The van der Waals surface area contributed by atoms with Crippen molar-refractivity contribution in [1.82, 2.24) is 0 Å². The zero-order chi connectivity index (χ0) is 9.30. The van der Waals surface area contributed by atoms with Crippen molar-refractivity contribution in [2.75, 3.05) is 5.75 Å².